The molecule has 9 nitrogen and oxygen atoms in total. The number of aromatic amines is 1. The predicted octanol–water partition coefficient (Wildman–Crippen LogP) is 3.01. The minimum atomic E-state index is -2.45. The van der Waals surface area contributed by atoms with Crippen LogP contribution in [-0.2, 0) is 14.2 Å². The normalized spacial score (nSPS) is 23.6. The van der Waals surface area contributed by atoms with Crippen LogP contribution in [0.25, 0.3) is 0 Å². The molecule has 2 heterocycles. The summed E-state index contributed by atoms with van der Waals surface area (Å²) >= 11 is 3.01. The zero-order valence-corrected chi connectivity index (χ0v) is 19.9. The van der Waals surface area contributed by atoms with Crippen molar-refractivity contribution in [3.63, 3.8) is 0 Å². The van der Waals surface area contributed by atoms with Crippen LogP contribution < -0.4 is 11.2 Å². The van der Waals surface area contributed by atoms with Gasteiger partial charge < -0.3 is 14.2 Å². The Morgan fingerprint density at radius 2 is 1.63 bits per heavy atom. The van der Waals surface area contributed by atoms with Crippen LogP contribution in [-0.4, -0.2) is 46.0 Å². The van der Waals surface area contributed by atoms with E-state index in [1.807, 2.05) is 0 Å². The van der Waals surface area contributed by atoms with Gasteiger partial charge in [0.25, 0.3) is 5.56 Å². The van der Waals surface area contributed by atoms with Gasteiger partial charge >= 0.3 is 17.6 Å². The number of hydrogen-bond donors (Lipinski definition) is 1. The largest absolute Gasteiger partial charge is 0.459 e. The first kappa shape index (κ1) is 24.6. The minimum Gasteiger partial charge on any atom is -0.459 e. The van der Waals surface area contributed by atoms with Gasteiger partial charge in [-0.05, 0) is 47.1 Å². The van der Waals surface area contributed by atoms with Crippen LogP contribution in [0.15, 0.2) is 80.9 Å². The molecule has 3 aromatic rings. The van der Waals surface area contributed by atoms with Crippen LogP contribution in [0.4, 0.5) is 4.39 Å². The fourth-order valence-corrected chi connectivity index (χ4v) is 4.06. The monoisotopic (exact) mass is 546 g/mol. The molecule has 11 heteroatoms. The number of carbonyl (C=O) groups excluding carboxylic acids is 2. The van der Waals surface area contributed by atoms with Gasteiger partial charge in [0.05, 0.1) is 15.6 Å². The Hall–Kier alpha value is -3.57. The number of alkyl halides is 1. The Labute approximate surface area is 206 Å². The summed E-state index contributed by atoms with van der Waals surface area (Å²) in [4.78, 5) is 51.4. The van der Waals surface area contributed by atoms with Crippen LogP contribution >= 0.6 is 15.9 Å². The van der Waals surface area contributed by atoms with Crippen LogP contribution in [0.2, 0.25) is 0 Å². The molecule has 182 valence electrons. The molecular formula is C24H20BrFN2O7. The number of H-pyrrole nitrogens is 1. The topological polar surface area (TPSA) is 117 Å². The van der Waals surface area contributed by atoms with Gasteiger partial charge in [0.15, 0.2) is 18.0 Å². The molecule has 0 aliphatic carbocycles. The van der Waals surface area contributed by atoms with Gasteiger partial charge in [-0.3, -0.25) is 14.3 Å². The van der Waals surface area contributed by atoms with E-state index in [-0.39, 0.29) is 15.6 Å². The summed E-state index contributed by atoms with van der Waals surface area (Å²) in [5.41, 5.74) is -3.64. The number of benzene rings is 2. The van der Waals surface area contributed by atoms with Crippen LogP contribution in [0.3, 0.4) is 0 Å². The molecule has 1 fully saturated rings. The van der Waals surface area contributed by atoms with E-state index in [9.17, 15) is 19.2 Å². The molecule has 1 aromatic heterocycles. The molecule has 2 aromatic carbocycles. The number of esters is 2. The highest BCUT2D eigenvalue weighted by Crippen LogP contribution is 2.43. The number of ether oxygens (including phenoxy) is 3. The molecule has 0 amide bonds. The van der Waals surface area contributed by atoms with Crippen molar-refractivity contribution in [3.8, 4) is 0 Å². The van der Waals surface area contributed by atoms with Crippen molar-refractivity contribution in [2.45, 2.75) is 31.0 Å². The number of rotatable bonds is 6. The fraction of sp³-hybridized carbons (Fsp3) is 0.250. The highest BCUT2D eigenvalue weighted by Gasteiger charge is 2.58. The quantitative estimate of drug-likeness (QED) is 0.472. The smallest absolute Gasteiger partial charge is 0.338 e. The maximum atomic E-state index is 16.2. The summed E-state index contributed by atoms with van der Waals surface area (Å²) in [7, 11) is 0. The van der Waals surface area contributed by atoms with Crippen molar-refractivity contribution in [1.29, 1.82) is 0 Å². The Bertz CT molecular complexity index is 1340. The highest BCUT2D eigenvalue weighted by molar-refractivity contribution is 9.10. The molecule has 1 aliphatic heterocycles. The SMILES string of the molecule is C[C@@]1(F)[C@H](OC(=O)c2ccccc2)[C@@H](COC(=O)c2ccccc2)O[C@H]1n1cc(Br)c(=O)[nH]c1=O. The molecule has 35 heavy (non-hydrogen) atoms. The van der Waals surface area contributed by atoms with Crippen molar-refractivity contribution in [3.05, 3.63) is 103 Å². The zero-order chi connectivity index (χ0) is 25.2. The van der Waals surface area contributed by atoms with Crippen LogP contribution in [0.5, 0.6) is 0 Å². The third-order valence-corrected chi connectivity index (χ3v) is 6.05. The maximum absolute atomic E-state index is 16.2. The summed E-state index contributed by atoms with van der Waals surface area (Å²) in [6, 6.07) is 16.1. The summed E-state index contributed by atoms with van der Waals surface area (Å²) in [5, 5.41) is 0. The molecule has 0 radical (unpaired) electrons. The molecule has 1 saturated heterocycles. The average molecular weight is 547 g/mol. The van der Waals surface area contributed by atoms with E-state index in [1.165, 1.54) is 12.1 Å². The Morgan fingerprint density at radius 1 is 1.06 bits per heavy atom. The summed E-state index contributed by atoms with van der Waals surface area (Å²) in [6.45, 7) is 0.640. The molecule has 0 spiro atoms. The summed E-state index contributed by atoms with van der Waals surface area (Å²) < 4.78 is 33.6. The van der Waals surface area contributed by atoms with Crippen molar-refractivity contribution in [1.82, 2.24) is 9.55 Å². The average Bonchev–Trinajstić information content (AvgIpc) is 3.10. The molecule has 0 saturated carbocycles. The standard InChI is InChI=1S/C24H20BrFN2O7/c1-24(26)18(35-21(31)15-10-6-3-7-11-15)17(13-33-20(30)14-8-4-2-5-9-14)34-22(24)28-12-16(25)19(29)27-23(28)32/h2-12,17-18,22H,13H2,1H3,(H,27,29,32)/t17-,18-,22-,24-/m1/s1. The number of nitrogens with zero attached hydrogens (tertiary/aromatic N) is 1. The van der Waals surface area contributed by atoms with E-state index in [1.54, 1.807) is 48.5 Å². The highest BCUT2D eigenvalue weighted by atomic mass is 79.9. The Morgan fingerprint density at radius 3 is 2.23 bits per heavy atom. The Kier molecular flexibility index (Phi) is 6.99. The summed E-state index contributed by atoms with van der Waals surface area (Å²) in [6.07, 6.45) is -3.33. The second kappa shape index (κ2) is 9.96. The molecule has 4 atom stereocenters. The van der Waals surface area contributed by atoms with E-state index < -0.39 is 53.9 Å². The number of halogens is 2. The first-order valence-electron chi connectivity index (χ1n) is 10.5. The van der Waals surface area contributed by atoms with Gasteiger partial charge in [0, 0.05) is 6.20 Å². The van der Waals surface area contributed by atoms with Gasteiger partial charge in [0.1, 0.15) is 12.7 Å². The number of carbonyl (C=O) groups is 2. The lowest BCUT2D eigenvalue weighted by Crippen LogP contribution is -2.46. The lowest BCUT2D eigenvalue weighted by molar-refractivity contribution is -0.0650. The van der Waals surface area contributed by atoms with Gasteiger partial charge in [-0.2, -0.15) is 0 Å². The minimum absolute atomic E-state index is 0.0340. The van der Waals surface area contributed by atoms with Gasteiger partial charge in [-0.15, -0.1) is 0 Å². The summed E-state index contributed by atoms with van der Waals surface area (Å²) in [5.74, 6) is -1.51. The van der Waals surface area contributed by atoms with Crippen molar-refractivity contribution in [2.75, 3.05) is 6.61 Å². The number of hydrogen-bond acceptors (Lipinski definition) is 7. The predicted molar refractivity (Wildman–Crippen MR) is 125 cm³/mol. The van der Waals surface area contributed by atoms with E-state index in [0.717, 1.165) is 17.7 Å². The molecule has 1 aliphatic rings. The third kappa shape index (κ3) is 5.10. The van der Waals surface area contributed by atoms with Gasteiger partial charge in [-0.25, -0.2) is 18.8 Å². The lowest BCUT2D eigenvalue weighted by atomic mass is 9.98. The molecule has 0 unspecified atom stereocenters. The molecular weight excluding hydrogens is 527 g/mol. The molecule has 1 N–H and O–H groups in total. The van der Waals surface area contributed by atoms with Crippen molar-refractivity contribution in [2.24, 2.45) is 0 Å². The Balaban J connectivity index is 1.64. The zero-order valence-electron chi connectivity index (χ0n) is 18.4. The van der Waals surface area contributed by atoms with E-state index in [4.69, 9.17) is 14.2 Å². The van der Waals surface area contributed by atoms with E-state index >= 15 is 4.39 Å². The van der Waals surface area contributed by atoms with E-state index in [0.29, 0.717) is 0 Å². The second-order valence-electron chi connectivity index (χ2n) is 7.98. The first-order valence-corrected chi connectivity index (χ1v) is 11.3. The van der Waals surface area contributed by atoms with Gasteiger partial charge in [0.2, 0.25) is 0 Å². The second-order valence-corrected chi connectivity index (χ2v) is 8.83. The fourth-order valence-electron chi connectivity index (χ4n) is 3.74. The number of nitrogens with one attached hydrogen (secondary N) is 1. The lowest BCUT2D eigenvalue weighted by Gasteiger charge is -2.27. The van der Waals surface area contributed by atoms with Gasteiger partial charge in [-0.1, -0.05) is 36.4 Å². The van der Waals surface area contributed by atoms with Crippen LogP contribution in [0, 0.1) is 0 Å². The maximum Gasteiger partial charge on any atom is 0.338 e. The van der Waals surface area contributed by atoms with Crippen molar-refractivity contribution >= 4 is 27.9 Å². The third-order valence-electron chi connectivity index (χ3n) is 5.49. The van der Waals surface area contributed by atoms with Crippen molar-refractivity contribution < 1.29 is 28.2 Å². The molecule has 4 rings (SSSR count). The van der Waals surface area contributed by atoms with Crippen LogP contribution in [0.1, 0.15) is 33.9 Å². The first-order chi connectivity index (χ1) is 16.7. The van der Waals surface area contributed by atoms with E-state index in [2.05, 4.69) is 20.9 Å². The number of aromatic nitrogens is 2. The molecule has 0 bridgehead atoms.